The lowest BCUT2D eigenvalue weighted by Crippen LogP contribution is -2.58. The first-order valence-electron chi connectivity index (χ1n) is 12.6. The number of imidazole rings is 1. The van der Waals surface area contributed by atoms with E-state index in [-0.39, 0.29) is 5.91 Å². The Morgan fingerprint density at radius 1 is 1.08 bits per heavy atom. The van der Waals surface area contributed by atoms with E-state index in [9.17, 15) is 9.90 Å². The van der Waals surface area contributed by atoms with Crippen molar-refractivity contribution in [2.75, 3.05) is 6.54 Å². The van der Waals surface area contributed by atoms with Gasteiger partial charge in [0.15, 0.2) is 6.73 Å². The molecule has 7 nitrogen and oxygen atoms in total. The van der Waals surface area contributed by atoms with Gasteiger partial charge in [0.1, 0.15) is 11.6 Å². The summed E-state index contributed by atoms with van der Waals surface area (Å²) in [6.07, 6.45) is 1.07. The Balaban J connectivity index is 1.47. The van der Waals surface area contributed by atoms with Gasteiger partial charge in [-0.15, -0.1) is 0 Å². The van der Waals surface area contributed by atoms with Crippen LogP contribution in [0.3, 0.4) is 0 Å². The quantitative estimate of drug-likeness (QED) is 0.374. The first-order chi connectivity index (χ1) is 17.8. The number of rotatable bonds is 5. The second-order valence-corrected chi connectivity index (χ2v) is 10.4. The summed E-state index contributed by atoms with van der Waals surface area (Å²) in [6, 6.07) is 23.8. The SMILES string of the molecule is CCNC(=O)c1ccc2c(c1)-c1nc(-c3ccc([C@]4(N)C[C@](C)(O)C4)cc3)c(-c3ccccc3)n1CO2. The summed E-state index contributed by atoms with van der Waals surface area (Å²) in [5, 5.41) is 13.1. The van der Waals surface area contributed by atoms with Crippen LogP contribution in [0.5, 0.6) is 5.75 Å². The Hall–Kier alpha value is -3.94. The summed E-state index contributed by atoms with van der Waals surface area (Å²) in [6.45, 7) is 4.60. The van der Waals surface area contributed by atoms with Gasteiger partial charge in [-0.3, -0.25) is 9.36 Å². The maximum absolute atomic E-state index is 12.5. The Labute approximate surface area is 215 Å². The largest absolute Gasteiger partial charge is 0.472 e. The van der Waals surface area contributed by atoms with Gasteiger partial charge in [0.2, 0.25) is 0 Å². The summed E-state index contributed by atoms with van der Waals surface area (Å²) in [5.74, 6) is 1.34. The number of ether oxygens (including phenoxy) is 1. The first-order valence-corrected chi connectivity index (χ1v) is 12.6. The molecule has 4 N–H and O–H groups in total. The third-order valence-electron chi connectivity index (χ3n) is 7.31. The molecule has 2 heterocycles. The number of nitrogens with one attached hydrogen (secondary N) is 1. The zero-order chi connectivity index (χ0) is 25.8. The highest BCUT2D eigenvalue weighted by atomic mass is 16.5. The van der Waals surface area contributed by atoms with E-state index in [1.807, 2.05) is 68.4 Å². The van der Waals surface area contributed by atoms with Crippen molar-refractivity contribution < 1.29 is 14.6 Å². The molecule has 37 heavy (non-hydrogen) atoms. The normalized spacial score (nSPS) is 21.8. The molecule has 2 aliphatic rings. The summed E-state index contributed by atoms with van der Waals surface area (Å²) in [7, 11) is 0. The number of benzene rings is 3. The van der Waals surface area contributed by atoms with Gasteiger partial charge in [0.25, 0.3) is 5.91 Å². The molecule has 7 heteroatoms. The highest BCUT2D eigenvalue weighted by Gasteiger charge is 2.49. The number of fused-ring (bicyclic) bond motifs is 3. The highest BCUT2D eigenvalue weighted by Crippen LogP contribution is 2.47. The van der Waals surface area contributed by atoms with Crippen LogP contribution in [0.1, 0.15) is 42.6 Å². The van der Waals surface area contributed by atoms with Crippen molar-refractivity contribution in [2.45, 2.75) is 44.6 Å². The van der Waals surface area contributed by atoms with E-state index in [0.717, 1.165) is 39.5 Å². The van der Waals surface area contributed by atoms with Crippen molar-refractivity contribution >= 4 is 5.91 Å². The Morgan fingerprint density at radius 2 is 1.81 bits per heavy atom. The third kappa shape index (κ3) is 4.00. The van der Waals surface area contributed by atoms with Crippen molar-refractivity contribution in [2.24, 2.45) is 5.73 Å². The number of amides is 1. The number of aromatic nitrogens is 2. The standard InChI is InChI=1S/C30H30N4O3/c1-3-32-28(35)21-11-14-24-23(15-21)27-33-25(26(34(27)18-37-24)20-7-5-4-6-8-20)19-9-12-22(13-10-19)30(31)16-29(2,36)17-30/h4-15,36H,3,16-18,31H2,1-2H3,(H,32,35)/t29-,30-. The lowest BCUT2D eigenvalue weighted by Gasteiger charge is -2.49. The molecule has 0 radical (unpaired) electrons. The lowest BCUT2D eigenvalue weighted by molar-refractivity contribution is -0.0738. The molecule has 0 spiro atoms. The predicted octanol–water partition coefficient (Wildman–Crippen LogP) is 4.68. The Kier molecular flexibility index (Phi) is 5.44. The van der Waals surface area contributed by atoms with Gasteiger partial charge in [-0.1, -0.05) is 54.6 Å². The number of nitrogens with zero attached hydrogens (tertiary/aromatic N) is 2. The van der Waals surface area contributed by atoms with Crippen LogP contribution in [0, 0.1) is 0 Å². The smallest absolute Gasteiger partial charge is 0.251 e. The van der Waals surface area contributed by atoms with Crippen LogP contribution in [0.15, 0.2) is 72.8 Å². The number of carbonyl (C=O) groups excluding carboxylic acids is 1. The monoisotopic (exact) mass is 494 g/mol. The van der Waals surface area contributed by atoms with Gasteiger partial charge >= 0.3 is 0 Å². The second-order valence-electron chi connectivity index (χ2n) is 10.4. The fraction of sp³-hybridized carbons (Fsp3) is 0.267. The minimum absolute atomic E-state index is 0.126. The number of hydrogen-bond acceptors (Lipinski definition) is 5. The van der Waals surface area contributed by atoms with E-state index in [1.165, 1.54) is 0 Å². The molecule has 1 amide bonds. The van der Waals surface area contributed by atoms with Crippen LogP contribution in [0.25, 0.3) is 33.9 Å². The van der Waals surface area contributed by atoms with Crippen LogP contribution >= 0.6 is 0 Å². The van der Waals surface area contributed by atoms with Gasteiger partial charge in [0.05, 0.1) is 22.6 Å². The highest BCUT2D eigenvalue weighted by molar-refractivity contribution is 5.96. The minimum Gasteiger partial charge on any atom is -0.472 e. The fourth-order valence-electron chi connectivity index (χ4n) is 5.71. The molecular weight excluding hydrogens is 464 g/mol. The average Bonchev–Trinajstić information content (AvgIpc) is 3.28. The molecule has 1 fully saturated rings. The summed E-state index contributed by atoms with van der Waals surface area (Å²) >= 11 is 0. The number of nitrogens with two attached hydrogens (primary N) is 1. The molecule has 6 rings (SSSR count). The molecule has 0 atom stereocenters. The van der Waals surface area contributed by atoms with Gasteiger partial charge in [0, 0.05) is 28.8 Å². The van der Waals surface area contributed by atoms with Crippen molar-refractivity contribution in [3.05, 3.63) is 83.9 Å². The predicted molar refractivity (Wildman–Crippen MR) is 143 cm³/mol. The number of hydrogen-bond donors (Lipinski definition) is 3. The second kappa shape index (κ2) is 8.57. The van der Waals surface area contributed by atoms with Gasteiger partial charge in [-0.2, -0.15) is 0 Å². The molecule has 0 bridgehead atoms. The van der Waals surface area contributed by atoms with E-state index in [0.29, 0.717) is 37.4 Å². The van der Waals surface area contributed by atoms with E-state index in [4.69, 9.17) is 15.5 Å². The molecule has 1 aromatic heterocycles. The van der Waals surface area contributed by atoms with E-state index in [1.54, 1.807) is 6.07 Å². The molecule has 1 aliphatic heterocycles. The lowest BCUT2D eigenvalue weighted by atomic mass is 9.63. The van der Waals surface area contributed by atoms with Gasteiger partial charge < -0.3 is 20.9 Å². The van der Waals surface area contributed by atoms with Crippen molar-refractivity contribution in [3.8, 4) is 39.7 Å². The zero-order valence-electron chi connectivity index (χ0n) is 21.0. The Bertz CT molecular complexity index is 1480. The molecule has 1 aliphatic carbocycles. The average molecular weight is 495 g/mol. The van der Waals surface area contributed by atoms with Crippen molar-refractivity contribution in [1.82, 2.24) is 14.9 Å². The molecular formula is C30H30N4O3. The summed E-state index contributed by atoms with van der Waals surface area (Å²) in [5.41, 5.74) is 11.5. The third-order valence-corrected chi connectivity index (χ3v) is 7.31. The van der Waals surface area contributed by atoms with Crippen LogP contribution in [0.2, 0.25) is 0 Å². The Morgan fingerprint density at radius 3 is 2.49 bits per heavy atom. The zero-order valence-corrected chi connectivity index (χ0v) is 21.0. The minimum atomic E-state index is -0.711. The maximum atomic E-state index is 12.5. The summed E-state index contributed by atoms with van der Waals surface area (Å²) < 4.78 is 8.18. The molecule has 0 saturated heterocycles. The maximum Gasteiger partial charge on any atom is 0.251 e. The fourth-order valence-corrected chi connectivity index (χ4v) is 5.71. The van der Waals surface area contributed by atoms with Gasteiger partial charge in [-0.05, 0) is 50.5 Å². The molecule has 4 aromatic rings. The van der Waals surface area contributed by atoms with E-state index < -0.39 is 11.1 Å². The van der Waals surface area contributed by atoms with E-state index in [2.05, 4.69) is 22.0 Å². The van der Waals surface area contributed by atoms with Crippen LogP contribution in [-0.2, 0) is 12.3 Å². The molecule has 0 unspecified atom stereocenters. The van der Waals surface area contributed by atoms with Crippen molar-refractivity contribution in [1.29, 1.82) is 0 Å². The van der Waals surface area contributed by atoms with Crippen LogP contribution < -0.4 is 15.8 Å². The topological polar surface area (TPSA) is 102 Å². The van der Waals surface area contributed by atoms with E-state index >= 15 is 0 Å². The molecule has 1 saturated carbocycles. The molecule has 3 aromatic carbocycles. The van der Waals surface area contributed by atoms with Crippen LogP contribution in [0.4, 0.5) is 0 Å². The number of carbonyl (C=O) groups is 1. The van der Waals surface area contributed by atoms with Crippen molar-refractivity contribution in [3.63, 3.8) is 0 Å². The van der Waals surface area contributed by atoms with Gasteiger partial charge in [-0.25, -0.2) is 4.98 Å². The molecule has 188 valence electrons. The number of aliphatic hydroxyl groups is 1. The summed E-state index contributed by atoms with van der Waals surface area (Å²) in [4.78, 5) is 17.6. The van der Waals surface area contributed by atoms with Crippen LogP contribution in [-0.4, -0.2) is 32.7 Å². The first kappa shape index (κ1) is 23.5.